The summed E-state index contributed by atoms with van der Waals surface area (Å²) < 4.78 is 0. The van der Waals surface area contributed by atoms with Crippen LogP contribution in [-0.4, -0.2) is 23.7 Å². The average Bonchev–Trinajstić information content (AvgIpc) is 2.21. The predicted octanol–water partition coefficient (Wildman–Crippen LogP) is 1.95. The van der Waals surface area contributed by atoms with Crippen LogP contribution in [-0.2, 0) is 4.79 Å². The largest absolute Gasteiger partial charge is 0.391 e. The van der Waals surface area contributed by atoms with E-state index in [1.54, 1.807) is 0 Å². The fourth-order valence-electron chi connectivity index (χ4n) is 1.20. The Balaban J connectivity index is 3.62. The molecule has 0 aliphatic rings. The van der Waals surface area contributed by atoms with Crippen molar-refractivity contribution >= 4 is 5.91 Å². The molecule has 0 rings (SSSR count). The van der Waals surface area contributed by atoms with Gasteiger partial charge in [0.05, 0.1) is 6.10 Å². The summed E-state index contributed by atoms with van der Waals surface area (Å²) in [6.07, 6.45) is 1.98. The summed E-state index contributed by atoms with van der Waals surface area (Å²) in [6.45, 7) is 8.61. The summed E-state index contributed by atoms with van der Waals surface area (Å²) in [5.74, 6) is 0.844. The van der Waals surface area contributed by atoms with Crippen molar-refractivity contribution in [1.29, 1.82) is 0 Å². The lowest BCUT2D eigenvalue weighted by Gasteiger charge is -2.17. The molecule has 0 aromatic carbocycles. The molecule has 0 aliphatic carbocycles. The van der Waals surface area contributed by atoms with Gasteiger partial charge in [0.2, 0.25) is 5.91 Å². The number of nitrogens with one attached hydrogen (secondary N) is 1. The molecule has 0 spiro atoms. The molecule has 3 heteroatoms. The number of rotatable bonds is 7. The van der Waals surface area contributed by atoms with E-state index in [1.807, 2.05) is 13.8 Å². The minimum Gasteiger partial charge on any atom is -0.391 e. The highest BCUT2D eigenvalue weighted by Gasteiger charge is 2.13. The molecule has 15 heavy (non-hydrogen) atoms. The Hall–Kier alpha value is -0.570. The van der Waals surface area contributed by atoms with E-state index >= 15 is 0 Å². The fourth-order valence-corrected chi connectivity index (χ4v) is 1.20. The average molecular weight is 215 g/mol. The Labute approximate surface area is 93.3 Å². The first kappa shape index (κ1) is 14.4. The van der Waals surface area contributed by atoms with Gasteiger partial charge >= 0.3 is 0 Å². The Kier molecular flexibility index (Phi) is 7.39. The molecule has 0 saturated heterocycles. The minimum atomic E-state index is -0.419. The Bertz CT molecular complexity index is 180. The van der Waals surface area contributed by atoms with E-state index in [4.69, 9.17) is 0 Å². The highest BCUT2D eigenvalue weighted by Crippen LogP contribution is 2.06. The zero-order valence-corrected chi connectivity index (χ0v) is 10.4. The van der Waals surface area contributed by atoms with Crippen LogP contribution >= 0.6 is 0 Å². The lowest BCUT2D eigenvalue weighted by atomic mass is 10.0. The Morgan fingerprint density at radius 1 is 1.33 bits per heavy atom. The third kappa shape index (κ3) is 7.37. The van der Waals surface area contributed by atoms with Gasteiger partial charge in [-0.25, -0.2) is 0 Å². The first-order valence-corrected chi connectivity index (χ1v) is 5.92. The molecule has 2 N–H and O–H groups in total. The Morgan fingerprint density at radius 3 is 2.40 bits per heavy atom. The topological polar surface area (TPSA) is 49.3 Å². The zero-order chi connectivity index (χ0) is 11.8. The smallest absolute Gasteiger partial charge is 0.220 e. The summed E-state index contributed by atoms with van der Waals surface area (Å²) >= 11 is 0. The van der Waals surface area contributed by atoms with Gasteiger partial charge in [-0.15, -0.1) is 0 Å². The fraction of sp³-hybridized carbons (Fsp3) is 0.917. The quantitative estimate of drug-likeness (QED) is 0.682. The van der Waals surface area contributed by atoms with Crippen molar-refractivity contribution in [3.63, 3.8) is 0 Å². The molecule has 0 bridgehead atoms. The molecule has 1 amide bonds. The molecule has 90 valence electrons. The maximum absolute atomic E-state index is 11.3. The van der Waals surface area contributed by atoms with Crippen molar-refractivity contribution in [3.8, 4) is 0 Å². The number of carbonyl (C=O) groups is 1. The van der Waals surface area contributed by atoms with Crippen molar-refractivity contribution in [2.75, 3.05) is 6.54 Å². The first-order valence-electron chi connectivity index (χ1n) is 5.92. The molecule has 2 atom stereocenters. The second-order valence-corrected chi connectivity index (χ2v) is 4.69. The molecule has 2 unspecified atom stereocenters. The van der Waals surface area contributed by atoms with Gasteiger partial charge in [0.1, 0.15) is 0 Å². The van der Waals surface area contributed by atoms with E-state index < -0.39 is 6.10 Å². The van der Waals surface area contributed by atoms with Gasteiger partial charge in [-0.3, -0.25) is 4.79 Å². The molecular weight excluding hydrogens is 190 g/mol. The lowest BCUT2D eigenvalue weighted by molar-refractivity contribution is -0.122. The third-order valence-electron chi connectivity index (χ3n) is 2.76. The van der Waals surface area contributed by atoms with Gasteiger partial charge in [0.15, 0.2) is 0 Å². The number of aliphatic hydroxyl groups is 1. The number of amides is 1. The summed E-state index contributed by atoms with van der Waals surface area (Å²) in [5, 5.41) is 12.4. The Morgan fingerprint density at radius 2 is 1.93 bits per heavy atom. The summed E-state index contributed by atoms with van der Waals surface area (Å²) in [7, 11) is 0. The highest BCUT2D eigenvalue weighted by molar-refractivity contribution is 5.75. The molecule has 0 heterocycles. The molecule has 0 saturated carbocycles. The predicted molar refractivity (Wildman–Crippen MR) is 62.5 cm³/mol. The van der Waals surface area contributed by atoms with Gasteiger partial charge in [-0.2, -0.15) is 0 Å². The van der Waals surface area contributed by atoms with E-state index in [1.165, 1.54) is 0 Å². The van der Waals surface area contributed by atoms with Crippen LogP contribution in [0.25, 0.3) is 0 Å². The highest BCUT2D eigenvalue weighted by atomic mass is 16.3. The van der Waals surface area contributed by atoms with Gasteiger partial charge in [0.25, 0.3) is 0 Å². The van der Waals surface area contributed by atoms with E-state index in [9.17, 15) is 9.90 Å². The lowest BCUT2D eigenvalue weighted by Crippen LogP contribution is -2.35. The molecule has 0 radical (unpaired) electrons. The summed E-state index contributed by atoms with van der Waals surface area (Å²) in [5.41, 5.74) is 0. The van der Waals surface area contributed by atoms with E-state index in [-0.39, 0.29) is 11.8 Å². The van der Waals surface area contributed by atoms with Gasteiger partial charge < -0.3 is 10.4 Å². The SMILES string of the molecule is CCC(C)C(O)CNC(=O)CCC(C)C. The zero-order valence-electron chi connectivity index (χ0n) is 10.4. The number of carbonyl (C=O) groups excluding carboxylic acids is 1. The van der Waals surface area contributed by atoms with Crippen LogP contribution in [0.4, 0.5) is 0 Å². The normalized spacial score (nSPS) is 15.1. The van der Waals surface area contributed by atoms with Crippen molar-refractivity contribution < 1.29 is 9.90 Å². The number of hydrogen-bond donors (Lipinski definition) is 2. The molecule has 0 aromatic rings. The molecule has 0 aromatic heterocycles. The van der Waals surface area contributed by atoms with Crippen LogP contribution in [0, 0.1) is 11.8 Å². The second kappa shape index (κ2) is 7.69. The van der Waals surface area contributed by atoms with E-state index in [0.29, 0.717) is 18.9 Å². The van der Waals surface area contributed by atoms with Crippen molar-refractivity contribution in [2.45, 2.75) is 53.1 Å². The maximum atomic E-state index is 11.3. The van der Waals surface area contributed by atoms with E-state index in [0.717, 1.165) is 12.8 Å². The minimum absolute atomic E-state index is 0.0473. The van der Waals surface area contributed by atoms with Crippen molar-refractivity contribution in [2.24, 2.45) is 11.8 Å². The van der Waals surface area contributed by atoms with Crippen LogP contribution in [0.3, 0.4) is 0 Å². The standard InChI is InChI=1S/C12H25NO2/c1-5-10(4)11(14)8-13-12(15)7-6-9(2)3/h9-11,14H,5-8H2,1-4H3,(H,13,15). The molecule has 3 nitrogen and oxygen atoms in total. The molecule has 0 aliphatic heterocycles. The van der Waals surface area contributed by atoms with Crippen molar-refractivity contribution in [3.05, 3.63) is 0 Å². The molecular formula is C12H25NO2. The summed E-state index contributed by atoms with van der Waals surface area (Å²) in [4.78, 5) is 11.3. The van der Waals surface area contributed by atoms with E-state index in [2.05, 4.69) is 19.2 Å². The van der Waals surface area contributed by atoms with Crippen LogP contribution in [0.5, 0.6) is 0 Å². The first-order chi connectivity index (χ1) is 6.97. The van der Waals surface area contributed by atoms with Gasteiger partial charge in [0, 0.05) is 13.0 Å². The monoisotopic (exact) mass is 215 g/mol. The van der Waals surface area contributed by atoms with Crippen LogP contribution in [0.1, 0.15) is 47.0 Å². The number of aliphatic hydroxyl groups excluding tert-OH is 1. The van der Waals surface area contributed by atoms with Crippen molar-refractivity contribution in [1.82, 2.24) is 5.32 Å². The second-order valence-electron chi connectivity index (χ2n) is 4.69. The third-order valence-corrected chi connectivity index (χ3v) is 2.76. The van der Waals surface area contributed by atoms with Crippen LogP contribution < -0.4 is 5.32 Å². The summed E-state index contributed by atoms with van der Waals surface area (Å²) in [6, 6.07) is 0. The van der Waals surface area contributed by atoms with Crippen LogP contribution in [0.15, 0.2) is 0 Å². The van der Waals surface area contributed by atoms with Gasteiger partial charge in [-0.05, 0) is 18.3 Å². The maximum Gasteiger partial charge on any atom is 0.220 e. The van der Waals surface area contributed by atoms with Gasteiger partial charge in [-0.1, -0.05) is 34.1 Å². The van der Waals surface area contributed by atoms with Crippen LogP contribution in [0.2, 0.25) is 0 Å². The number of hydrogen-bond acceptors (Lipinski definition) is 2. The molecule has 0 fully saturated rings.